The zero-order chi connectivity index (χ0) is 12.3. The third kappa shape index (κ3) is 3.50. The molecule has 1 aliphatic carbocycles. The van der Waals surface area contributed by atoms with Crippen LogP contribution in [0.1, 0.15) is 31.7 Å². The number of halogens is 2. The molecule has 1 unspecified atom stereocenters. The van der Waals surface area contributed by atoms with Crippen LogP contribution in [-0.2, 0) is 6.42 Å². The van der Waals surface area contributed by atoms with Gasteiger partial charge in [0.2, 0.25) is 0 Å². The fourth-order valence-corrected chi connectivity index (χ4v) is 2.28. The zero-order valence-electron chi connectivity index (χ0n) is 10.2. The van der Waals surface area contributed by atoms with Gasteiger partial charge in [0, 0.05) is 6.04 Å². The molecule has 0 heterocycles. The Morgan fingerprint density at radius 1 is 1.29 bits per heavy atom. The first-order valence-corrected chi connectivity index (χ1v) is 6.38. The lowest BCUT2D eigenvalue weighted by Crippen LogP contribution is -2.31. The number of benzene rings is 1. The van der Waals surface area contributed by atoms with Crippen LogP contribution in [0.2, 0.25) is 0 Å². The zero-order valence-corrected chi connectivity index (χ0v) is 10.2. The average Bonchev–Trinajstić information content (AvgIpc) is 3.13. The van der Waals surface area contributed by atoms with Crippen molar-refractivity contribution in [1.82, 2.24) is 5.32 Å². The molecule has 1 N–H and O–H groups in total. The Morgan fingerprint density at radius 2 is 2.06 bits per heavy atom. The highest BCUT2D eigenvalue weighted by molar-refractivity contribution is 5.18. The van der Waals surface area contributed by atoms with Gasteiger partial charge in [-0.2, -0.15) is 0 Å². The van der Waals surface area contributed by atoms with Gasteiger partial charge in [0.05, 0.1) is 0 Å². The first-order valence-electron chi connectivity index (χ1n) is 6.38. The monoisotopic (exact) mass is 239 g/mol. The van der Waals surface area contributed by atoms with Crippen molar-refractivity contribution in [3.8, 4) is 0 Å². The van der Waals surface area contributed by atoms with E-state index in [9.17, 15) is 8.78 Å². The molecule has 0 amide bonds. The quantitative estimate of drug-likeness (QED) is 0.803. The van der Waals surface area contributed by atoms with Gasteiger partial charge < -0.3 is 5.32 Å². The molecular weight excluding hydrogens is 220 g/mol. The molecule has 0 saturated heterocycles. The fourth-order valence-electron chi connectivity index (χ4n) is 2.28. The maximum absolute atomic E-state index is 13.0. The lowest BCUT2D eigenvalue weighted by atomic mass is 10.0. The summed E-state index contributed by atoms with van der Waals surface area (Å²) < 4.78 is 25.8. The molecule has 0 bridgehead atoms. The summed E-state index contributed by atoms with van der Waals surface area (Å²) in [6.45, 7) is 3.08. The standard InChI is InChI=1S/C14H19F2N/c1-2-17-14(11-5-6-11)8-4-10-3-7-12(15)13(16)9-10/h3,7,9,11,14,17H,2,4-6,8H2,1H3. The van der Waals surface area contributed by atoms with Crippen molar-refractivity contribution < 1.29 is 8.78 Å². The Balaban J connectivity index is 1.89. The minimum absolute atomic E-state index is 0.535. The second kappa shape index (κ2) is 5.58. The van der Waals surface area contributed by atoms with Crippen molar-refractivity contribution in [2.45, 2.75) is 38.6 Å². The van der Waals surface area contributed by atoms with Crippen LogP contribution in [0.3, 0.4) is 0 Å². The first kappa shape index (κ1) is 12.5. The van der Waals surface area contributed by atoms with Gasteiger partial charge in [-0.25, -0.2) is 8.78 Å². The normalized spacial score (nSPS) is 17.1. The summed E-state index contributed by atoms with van der Waals surface area (Å²) in [5.41, 5.74) is 0.882. The number of hydrogen-bond acceptors (Lipinski definition) is 1. The van der Waals surface area contributed by atoms with Gasteiger partial charge in [0.15, 0.2) is 11.6 Å². The molecule has 0 spiro atoms. The van der Waals surface area contributed by atoms with Crippen molar-refractivity contribution in [3.05, 3.63) is 35.4 Å². The number of hydrogen-bond donors (Lipinski definition) is 1. The van der Waals surface area contributed by atoms with Gasteiger partial charge in [0.1, 0.15) is 0 Å². The summed E-state index contributed by atoms with van der Waals surface area (Å²) in [7, 11) is 0. The fraction of sp³-hybridized carbons (Fsp3) is 0.571. The molecule has 1 saturated carbocycles. The highest BCUT2D eigenvalue weighted by Crippen LogP contribution is 2.34. The van der Waals surface area contributed by atoms with E-state index in [1.807, 2.05) is 0 Å². The average molecular weight is 239 g/mol. The predicted molar refractivity (Wildman–Crippen MR) is 64.9 cm³/mol. The molecule has 0 radical (unpaired) electrons. The summed E-state index contributed by atoms with van der Waals surface area (Å²) in [6.07, 6.45) is 4.42. The highest BCUT2D eigenvalue weighted by Gasteiger charge is 2.29. The van der Waals surface area contributed by atoms with Crippen molar-refractivity contribution in [2.24, 2.45) is 5.92 Å². The van der Waals surface area contributed by atoms with E-state index in [-0.39, 0.29) is 0 Å². The Bertz CT molecular complexity index is 374. The largest absolute Gasteiger partial charge is 0.314 e. The van der Waals surface area contributed by atoms with Gasteiger partial charge in [-0.15, -0.1) is 0 Å². The second-order valence-corrected chi connectivity index (χ2v) is 4.79. The van der Waals surface area contributed by atoms with Crippen LogP contribution in [0.5, 0.6) is 0 Å². The van der Waals surface area contributed by atoms with Gasteiger partial charge >= 0.3 is 0 Å². The lowest BCUT2D eigenvalue weighted by Gasteiger charge is -2.17. The molecule has 1 aliphatic rings. The number of rotatable bonds is 6. The maximum atomic E-state index is 13.0. The molecule has 0 aromatic heterocycles. The molecule has 0 aliphatic heterocycles. The molecule has 1 fully saturated rings. The van der Waals surface area contributed by atoms with Crippen molar-refractivity contribution in [3.63, 3.8) is 0 Å². The Hall–Kier alpha value is -0.960. The Labute approximate surface area is 101 Å². The van der Waals surface area contributed by atoms with Crippen molar-refractivity contribution >= 4 is 0 Å². The van der Waals surface area contributed by atoms with Crippen LogP contribution in [0, 0.1) is 17.6 Å². The lowest BCUT2D eigenvalue weighted by molar-refractivity contribution is 0.445. The molecule has 2 rings (SSSR count). The van der Waals surface area contributed by atoms with E-state index in [2.05, 4.69) is 12.2 Å². The van der Waals surface area contributed by atoms with E-state index in [1.54, 1.807) is 6.07 Å². The predicted octanol–water partition coefficient (Wildman–Crippen LogP) is 3.29. The smallest absolute Gasteiger partial charge is 0.159 e. The Morgan fingerprint density at radius 3 is 2.65 bits per heavy atom. The van der Waals surface area contributed by atoms with Crippen molar-refractivity contribution in [2.75, 3.05) is 6.54 Å². The third-order valence-corrected chi connectivity index (χ3v) is 3.39. The van der Waals surface area contributed by atoms with E-state index in [4.69, 9.17) is 0 Å². The topological polar surface area (TPSA) is 12.0 Å². The molecule has 1 aromatic rings. The van der Waals surface area contributed by atoms with Crippen LogP contribution < -0.4 is 5.32 Å². The third-order valence-electron chi connectivity index (χ3n) is 3.39. The molecule has 3 heteroatoms. The number of aryl methyl sites for hydroxylation is 1. The summed E-state index contributed by atoms with van der Waals surface area (Å²) in [6, 6.07) is 4.73. The van der Waals surface area contributed by atoms with Crippen LogP contribution >= 0.6 is 0 Å². The van der Waals surface area contributed by atoms with Crippen LogP contribution in [0.25, 0.3) is 0 Å². The second-order valence-electron chi connectivity index (χ2n) is 4.79. The number of nitrogens with one attached hydrogen (secondary N) is 1. The molecule has 1 atom stereocenters. The van der Waals surface area contributed by atoms with E-state index in [0.717, 1.165) is 30.9 Å². The molecular formula is C14H19F2N. The molecule has 1 aromatic carbocycles. The van der Waals surface area contributed by atoms with Crippen LogP contribution in [0.15, 0.2) is 18.2 Å². The Kier molecular flexibility index (Phi) is 4.11. The molecule has 17 heavy (non-hydrogen) atoms. The first-order chi connectivity index (χ1) is 8.20. The maximum Gasteiger partial charge on any atom is 0.159 e. The summed E-state index contributed by atoms with van der Waals surface area (Å²) in [4.78, 5) is 0. The summed E-state index contributed by atoms with van der Waals surface area (Å²) >= 11 is 0. The summed E-state index contributed by atoms with van der Waals surface area (Å²) in [5, 5.41) is 3.47. The van der Waals surface area contributed by atoms with Gasteiger partial charge in [0.25, 0.3) is 0 Å². The highest BCUT2D eigenvalue weighted by atomic mass is 19.2. The van der Waals surface area contributed by atoms with Crippen molar-refractivity contribution in [1.29, 1.82) is 0 Å². The van der Waals surface area contributed by atoms with E-state index < -0.39 is 11.6 Å². The minimum Gasteiger partial charge on any atom is -0.314 e. The minimum atomic E-state index is -0.765. The van der Waals surface area contributed by atoms with Gasteiger partial charge in [-0.3, -0.25) is 0 Å². The van der Waals surface area contributed by atoms with E-state index >= 15 is 0 Å². The van der Waals surface area contributed by atoms with Gasteiger partial charge in [-0.1, -0.05) is 13.0 Å². The SMILES string of the molecule is CCNC(CCc1ccc(F)c(F)c1)C1CC1. The van der Waals surface area contributed by atoms with Crippen LogP contribution in [-0.4, -0.2) is 12.6 Å². The molecule has 1 nitrogen and oxygen atoms in total. The summed E-state index contributed by atoms with van der Waals surface area (Å²) in [5.74, 6) is -0.714. The van der Waals surface area contributed by atoms with E-state index in [0.29, 0.717) is 6.04 Å². The molecule has 94 valence electrons. The van der Waals surface area contributed by atoms with Crippen LogP contribution in [0.4, 0.5) is 8.78 Å². The van der Waals surface area contributed by atoms with E-state index in [1.165, 1.54) is 25.0 Å². The van der Waals surface area contributed by atoms with Gasteiger partial charge in [-0.05, 0) is 55.8 Å².